The summed E-state index contributed by atoms with van der Waals surface area (Å²) in [5.74, 6) is -0.351. The molecule has 11 heteroatoms. The van der Waals surface area contributed by atoms with Gasteiger partial charge in [0.15, 0.2) is 0 Å². The monoisotopic (exact) mass is 507 g/mol. The van der Waals surface area contributed by atoms with E-state index >= 15 is 0 Å². The molecule has 1 aliphatic heterocycles. The zero-order valence-electron chi connectivity index (χ0n) is 19.0. The Morgan fingerprint density at radius 3 is 2.23 bits per heavy atom. The van der Waals surface area contributed by atoms with Gasteiger partial charge in [-0.3, -0.25) is 14.7 Å². The van der Waals surface area contributed by atoms with Crippen molar-refractivity contribution in [3.8, 4) is 0 Å². The fourth-order valence-corrected chi connectivity index (χ4v) is 6.21. The number of halogens is 3. The number of carbonyl (C=O) groups excluding carboxylic acids is 2. The van der Waals surface area contributed by atoms with Crippen LogP contribution in [0.4, 0.5) is 29.3 Å². The third-order valence-corrected chi connectivity index (χ3v) is 8.95. The van der Waals surface area contributed by atoms with Gasteiger partial charge in [-0.05, 0) is 67.0 Å². The summed E-state index contributed by atoms with van der Waals surface area (Å²) in [6, 6.07) is 4.80. The van der Waals surface area contributed by atoms with Crippen LogP contribution in [0.1, 0.15) is 56.9 Å². The van der Waals surface area contributed by atoms with E-state index in [4.69, 9.17) is 0 Å². The lowest BCUT2D eigenvalue weighted by atomic mass is 9.84. The van der Waals surface area contributed by atoms with Gasteiger partial charge in [-0.25, -0.2) is 18.1 Å². The second-order valence-electron chi connectivity index (χ2n) is 9.50. The molecule has 2 aromatic rings. The molecule has 2 heterocycles. The number of pyridine rings is 1. The quantitative estimate of drug-likeness (QED) is 0.533. The zero-order valence-corrected chi connectivity index (χ0v) is 19.8. The summed E-state index contributed by atoms with van der Waals surface area (Å²) < 4.78 is 62.1. The Morgan fingerprint density at radius 2 is 1.66 bits per heavy atom. The van der Waals surface area contributed by atoms with Crippen LogP contribution in [0.15, 0.2) is 47.6 Å². The highest BCUT2D eigenvalue weighted by atomic mass is 32.2. The average molecular weight is 508 g/mol. The summed E-state index contributed by atoms with van der Waals surface area (Å²) in [4.78, 5) is 33.1. The number of carbonyl (C=O) groups is 2. The Labute approximate surface area is 200 Å². The van der Waals surface area contributed by atoms with E-state index in [0.717, 1.165) is 66.8 Å². The molecule has 1 spiro atoms. The van der Waals surface area contributed by atoms with Crippen LogP contribution in [0.5, 0.6) is 0 Å². The van der Waals surface area contributed by atoms with Gasteiger partial charge in [0, 0.05) is 12.4 Å². The molecular weight excluding hydrogens is 483 g/mol. The summed E-state index contributed by atoms with van der Waals surface area (Å²) in [5.41, 5.74) is -4.95. The van der Waals surface area contributed by atoms with Crippen LogP contribution in [0.2, 0.25) is 0 Å². The van der Waals surface area contributed by atoms with E-state index in [1.165, 1.54) is 4.90 Å². The maximum Gasteiger partial charge on any atom is 0.501 e. The number of anilines is 2. The molecule has 0 radical (unpaired) electrons. The minimum absolute atomic E-state index is 0.0235. The van der Waals surface area contributed by atoms with Gasteiger partial charge in [0.05, 0.1) is 16.3 Å². The summed E-state index contributed by atoms with van der Waals surface area (Å²) in [6.07, 6.45) is 9.04. The molecule has 35 heavy (non-hydrogen) atoms. The predicted octanol–water partition coefficient (Wildman–Crippen LogP) is 5.17. The Bertz CT molecular complexity index is 1290. The van der Waals surface area contributed by atoms with Gasteiger partial charge in [0.25, 0.3) is 15.7 Å². The molecule has 1 aromatic carbocycles. The molecule has 2 atom stereocenters. The van der Waals surface area contributed by atoms with Crippen LogP contribution in [-0.2, 0) is 14.6 Å². The highest BCUT2D eigenvalue weighted by Crippen LogP contribution is 2.56. The maximum atomic E-state index is 13.7. The van der Waals surface area contributed by atoms with Crippen LogP contribution >= 0.6 is 0 Å². The number of sulfone groups is 1. The van der Waals surface area contributed by atoms with Crippen molar-refractivity contribution in [3.05, 3.63) is 48.3 Å². The SMILES string of the molecule is CC1CC12C(=O)N(c1ccc(S(=O)(=O)C(F)(F)F)cc1)C(=O)N2c1ccncc1C1CCCCC1. The number of benzene rings is 1. The van der Waals surface area contributed by atoms with Gasteiger partial charge in [-0.15, -0.1) is 0 Å². The smallest absolute Gasteiger partial charge is 0.278 e. The van der Waals surface area contributed by atoms with Crippen molar-refractivity contribution >= 4 is 33.2 Å². The van der Waals surface area contributed by atoms with Crippen LogP contribution in [0.25, 0.3) is 0 Å². The molecule has 2 aliphatic carbocycles. The van der Waals surface area contributed by atoms with Crippen molar-refractivity contribution in [3.63, 3.8) is 0 Å². The summed E-state index contributed by atoms with van der Waals surface area (Å²) >= 11 is 0. The van der Waals surface area contributed by atoms with Crippen LogP contribution in [0, 0.1) is 5.92 Å². The molecule has 3 aliphatic rings. The van der Waals surface area contributed by atoms with Gasteiger partial charge in [0.1, 0.15) is 5.54 Å². The number of aromatic nitrogens is 1. The van der Waals surface area contributed by atoms with Crippen LogP contribution in [-0.4, -0.2) is 36.4 Å². The van der Waals surface area contributed by atoms with Gasteiger partial charge in [-0.2, -0.15) is 13.2 Å². The lowest BCUT2D eigenvalue weighted by Crippen LogP contribution is -2.39. The molecular formula is C24H24F3N3O4S. The van der Waals surface area contributed by atoms with Crippen molar-refractivity contribution in [2.45, 2.75) is 67.3 Å². The number of hydrogen-bond acceptors (Lipinski definition) is 5. The number of urea groups is 1. The predicted molar refractivity (Wildman–Crippen MR) is 122 cm³/mol. The standard InChI is InChI=1S/C24H24F3N3O4S/c1-15-13-23(15)21(31)29(17-7-9-18(10-8-17)35(33,34)24(25,26)27)22(32)30(23)20-11-12-28-14-19(20)16-5-3-2-4-6-16/h7-12,14-16H,2-6,13H2,1H3. The first kappa shape index (κ1) is 23.8. The minimum atomic E-state index is -5.54. The number of rotatable bonds is 4. The van der Waals surface area contributed by atoms with Crippen molar-refractivity contribution in [1.82, 2.24) is 4.98 Å². The molecule has 0 N–H and O–H groups in total. The molecule has 1 aromatic heterocycles. The van der Waals surface area contributed by atoms with E-state index in [9.17, 15) is 31.2 Å². The zero-order chi connectivity index (χ0) is 25.2. The van der Waals surface area contributed by atoms with E-state index in [0.29, 0.717) is 12.1 Å². The van der Waals surface area contributed by atoms with Crippen molar-refractivity contribution in [1.29, 1.82) is 0 Å². The Hall–Kier alpha value is -2.95. The third kappa shape index (κ3) is 3.54. The van der Waals surface area contributed by atoms with Crippen molar-refractivity contribution < 1.29 is 31.2 Å². The van der Waals surface area contributed by atoms with Crippen molar-refractivity contribution in [2.75, 3.05) is 9.80 Å². The van der Waals surface area contributed by atoms with Crippen molar-refractivity contribution in [2.24, 2.45) is 5.92 Å². The first-order valence-corrected chi connectivity index (χ1v) is 13.0. The molecule has 186 valence electrons. The molecule has 3 fully saturated rings. The average Bonchev–Trinajstić information content (AvgIpc) is 3.45. The van der Waals surface area contributed by atoms with Crippen LogP contribution < -0.4 is 9.80 Å². The molecule has 0 bridgehead atoms. The fourth-order valence-electron chi connectivity index (χ4n) is 5.45. The second-order valence-corrected chi connectivity index (χ2v) is 11.4. The number of imide groups is 1. The van der Waals surface area contributed by atoms with Crippen LogP contribution in [0.3, 0.4) is 0 Å². The Morgan fingerprint density at radius 1 is 1.03 bits per heavy atom. The summed E-state index contributed by atoms with van der Waals surface area (Å²) in [7, 11) is -5.54. The molecule has 1 saturated heterocycles. The molecule has 3 amide bonds. The van der Waals surface area contributed by atoms with E-state index < -0.39 is 37.7 Å². The highest BCUT2D eigenvalue weighted by Gasteiger charge is 2.71. The van der Waals surface area contributed by atoms with E-state index in [-0.39, 0.29) is 17.5 Å². The Kier molecular flexibility index (Phi) is 5.46. The van der Waals surface area contributed by atoms with E-state index in [2.05, 4.69) is 4.98 Å². The van der Waals surface area contributed by atoms with Gasteiger partial charge in [0.2, 0.25) is 0 Å². The first-order valence-electron chi connectivity index (χ1n) is 11.5. The summed E-state index contributed by atoms with van der Waals surface area (Å²) in [6.45, 7) is 1.88. The van der Waals surface area contributed by atoms with Gasteiger partial charge in [-0.1, -0.05) is 26.2 Å². The normalized spacial score (nSPS) is 25.5. The number of amides is 3. The molecule has 2 saturated carbocycles. The van der Waals surface area contributed by atoms with Gasteiger partial charge < -0.3 is 0 Å². The fraction of sp³-hybridized carbons (Fsp3) is 0.458. The van der Waals surface area contributed by atoms with E-state index in [1.54, 1.807) is 18.5 Å². The maximum absolute atomic E-state index is 13.7. The third-order valence-electron chi connectivity index (χ3n) is 7.45. The number of nitrogens with zero attached hydrogens (tertiary/aromatic N) is 3. The van der Waals surface area contributed by atoms with E-state index in [1.807, 2.05) is 6.92 Å². The Balaban J connectivity index is 1.54. The highest BCUT2D eigenvalue weighted by molar-refractivity contribution is 7.92. The topological polar surface area (TPSA) is 87.7 Å². The number of hydrogen-bond donors (Lipinski definition) is 0. The lowest BCUT2D eigenvalue weighted by Gasteiger charge is -2.29. The largest absolute Gasteiger partial charge is 0.501 e. The van der Waals surface area contributed by atoms with Gasteiger partial charge >= 0.3 is 11.5 Å². The lowest BCUT2D eigenvalue weighted by molar-refractivity contribution is -0.119. The number of alkyl halides is 3. The summed E-state index contributed by atoms with van der Waals surface area (Å²) in [5, 5.41) is 0. The molecule has 7 nitrogen and oxygen atoms in total. The minimum Gasteiger partial charge on any atom is -0.278 e. The second kappa shape index (κ2) is 8.04. The first-order chi connectivity index (χ1) is 16.5. The molecule has 2 unspecified atom stereocenters. The molecule has 5 rings (SSSR count).